The molecule has 2 rings (SSSR count). The summed E-state index contributed by atoms with van der Waals surface area (Å²) in [5, 5.41) is 8.70. The van der Waals surface area contributed by atoms with Crippen LogP contribution in [0.1, 0.15) is 5.69 Å². The Balaban J connectivity index is 2.28. The minimum Gasteiger partial charge on any atom is -0.493 e. The predicted molar refractivity (Wildman–Crippen MR) is 59.8 cm³/mol. The number of rotatable bonds is 3. The molecule has 0 saturated carbocycles. The lowest BCUT2D eigenvalue weighted by Crippen LogP contribution is -1.94. The maximum absolute atomic E-state index is 8.70. The summed E-state index contributed by atoms with van der Waals surface area (Å²) in [4.78, 5) is 7.82. The molecule has 1 aromatic heterocycles. The molecule has 2 aromatic rings. The van der Waals surface area contributed by atoms with E-state index in [1.807, 2.05) is 18.2 Å². The van der Waals surface area contributed by atoms with Crippen LogP contribution in [0.2, 0.25) is 0 Å². The van der Waals surface area contributed by atoms with Crippen LogP contribution in [0.3, 0.4) is 0 Å². The second-order valence-electron chi connectivity index (χ2n) is 3.11. The number of aromatic nitrogens is 2. The van der Waals surface area contributed by atoms with Gasteiger partial charge in [0.25, 0.3) is 0 Å². The van der Waals surface area contributed by atoms with Crippen LogP contribution >= 0.6 is 0 Å². The fourth-order valence-corrected chi connectivity index (χ4v) is 1.27. The summed E-state index contributed by atoms with van der Waals surface area (Å²) in [5.41, 5.74) is 0.206. The van der Waals surface area contributed by atoms with E-state index < -0.39 is 0 Å². The molecule has 0 aliphatic heterocycles. The van der Waals surface area contributed by atoms with Gasteiger partial charge in [-0.15, -0.1) is 0 Å². The molecular formula is C12H9N3O2. The molecule has 1 aromatic carbocycles. The van der Waals surface area contributed by atoms with Gasteiger partial charge in [0, 0.05) is 0 Å². The maximum atomic E-state index is 8.70. The Hall–Kier alpha value is -2.61. The molecule has 0 amide bonds. The molecule has 17 heavy (non-hydrogen) atoms. The summed E-state index contributed by atoms with van der Waals surface area (Å²) < 4.78 is 10.6. The van der Waals surface area contributed by atoms with E-state index in [0.717, 1.165) is 0 Å². The highest BCUT2D eigenvalue weighted by molar-refractivity contribution is 5.41. The molecule has 0 spiro atoms. The Labute approximate surface area is 98.3 Å². The molecule has 84 valence electrons. The highest BCUT2D eigenvalue weighted by Gasteiger charge is 2.06. The van der Waals surface area contributed by atoms with Gasteiger partial charge in [-0.2, -0.15) is 10.2 Å². The van der Waals surface area contributed by atoms with Crippen molar-refractivity contribution in [1.29, 1.82) is 5.26 Å². The first-order valence-corrected chi connectivity index (χ1v) is 4.86. The van der Waals surface area contributed by atoms with Crippen molar-refractivity contribution in [1.82, 2.24) is 9.97 Å². The Bertz CT molecular complexity index is 564. The van der Waals surface area contributed by atoms with E-state index in [9.17, 15) is 0 Å². The van der Waals surface area contributed by atoms with E-state index in [-0.39, 0.29) is 11.6 Å². The molecule has 0 bridgehead atoms. The zero-order chi connectivity index (χ0) is 12.1. The summed E-state index contributed by atoms with van der Waals surface area (Å²) in [5.74, 6) is 1.38. The van der Waals surface area contributed by atoms with Crippen molar-refractivity contribution in [2.24, 2.45) is 0 Å². The van der Waals surface area contributed by atoms with Crippen LogP contribution in [-0.2, 0) is 0 Å². The first-order valence-electron chi connectivity index (χ1n) is 4.86. The van der Waals surface area contributed by atoms with E-state index in [0.29, 0.717) is 11.5 Å². The van der Waals surface area contributed by atoms with E-state index in [4.69, 9.17) is 14.7 Å². The molecule has 5 nitrogen and oxygen atoms in total. The van der Waals surface area contributed by atoms with Gasteiger partial charge in [0.2, 0.25) is 5.88 Å². The zero-order valence-corrected chi connectivity index (χ0v) is 9.12. The summed E-state index contributed by atoms with van der Waals surface area (Å²) in [6, 6.07) is 9.08. The molecule has 0 saturated heterocycles. The van der Waals surface area contributed by atoms with Gasteiger partial charge in [-0.3, -0.25) is 4.98 Å². The highest BCUT2D eigenvalue weighted by atomic mass is 16.5. The third-order valence-electron chi connectivity index (χ3n) is 2.01. The van der Waals surface area contributed by atoms with Crippen LogP contribution in [-0.4, -0.2) is 17.1 Å². The Morgan fingerprint density at radius 2 is 1.94 bits per heavy atom. The molecular weight excluding hydrogens is 218 g/mol. The third kappa shape index (κ3) is 2.49. The minimum atomic E-state index is 0.206. The predicted octanol–water partition coefficient (Wildman–Crippen LogP) is 2.15. The van der Waals surface area contributed by atoms with Gasteiger partial charge in [0.15, 0.2) is 17.2 Å². The third-order valence-corrected chi connectivity index (χ3v) is 2.01. The van der Waals surface area contributed by atoms with Crippen molar-refractivity contribution in [3.63, 3.8) is 0 Å². The first-order chi connectivity index (χ1) is 8.33. The van der Waals surface area contributed by atoms with Crippen molar-refractivity contribution in [3.8, 4) is 23.4 Å². The molecule has 1 heterocycles. The lowest BCUT2D eigenvalue weighted by Gasteiger charge is -2.08. The Kier molecular flexibility index (Phi) is 3.17. The second-order valence-corrected chi connectivity index (χ2v) is 3.11. The quantitative estimate of drug-likeness (QED) is 0.803. The Morgan fingerprint density at radius 3 is 2.65 bits per heavy atom. The summed E-state index contributed by atoms with van der Waals surface area (Å²) >= 11 is 0. The average Bonchev–Trinajstić information content (AvgIpc) is 2.39. The van der Waals surface area contributed by atoms with E-state index in [1.54, 1.807) is 19.2 Å². The number of nitriles is 1. The van der Waals surface area contributed by atoms with Gasteiger partial charge in [-0.05, 0) is 12.1 Å². The molecule has 0 N–H and O–H groups in total. The maximum Gasteiger partial charge on any atom is 0.239 e. The van der Waals surface area contributed by atoms with Crippen molar-refractivity contribution < 1.29 is 9.47 Å². The first kappa shape index (κ1) is 10.9. The largest absolute Gasteiger partial charge is 0.493 e. The van der Waals surface area contributed by atoms with Crippen LogP contribution in [0.4, 0.5) is 0 Å². The lowest BCUT2D eigenvalue weighted by atomic mass is 10.3. The van der Waals surface area contributed by atoms with Gasteiger partial charge >= 0.3 is 0 Å². The van der Waals surface area contributed by atoms with Gasteiger partial charge in [0.1, 0.15) is 6.07 Å². The molecule has 0 aliphatic rings. The molecule has 0 atom stereocenters. The van der Waals surface area contributed by atoms with Gasteiger partial charge in [0.05, 0.1) is 19.5 Å². The van der Waals surface area contributed by atoms with Gasteiger partial charge < -0.3 is 9.47 Å². The summed E-state index contributed by atoms with van der Waals surface area (Å²) in [7, 11) is 1.56. The van der Waals surface area contributed by atoms with Crippen LogP contribution in [0, 0.1) is 11.3 Å². The van der Waals surface area contributed by atoms with Crippen LogP contribution < -0.4 is 9.47 Å². The molecule has 0 aliphatic carbocycles. The number of hydrogen-bond acceptors (Lipinski definition) is 5. The highest BCUT2D eigenvalue weighted by Crippen LogP contribution is 2.29. The number of nitrogens with zero attached hydrogens (tertiary/aromatic N) is 3. The standard InChI is InChI=1S/C12H9N3O2/c1-16-10-4-2-3-5-11(10)17-12-8-14-7-9(6-13)15-12/h2-5,7-8H,1H3. The van der Waals surface area contributed by atoms with Crippen LogP contribution in [0.25, 0.3) is 0 Å². The molecule has 5 heteroatoms. The fourth-order valence-electron chi connectivity index (χ4n) is 1.27. The summed E-state index contributed by atoms with van der Waals surface area (Å²) in [6.45, 7) is 0. The van der Waals surface area contributed by atoms with Crippen molar-refractivity contribution in [2.45, 2.75) is 0 Å². The van der Waals surface area contributed by atoms with Gasteiger partial charge in [-0.25, -0.2) is 0 Å². The van der Waals surface area contributed by atoms with Crippen molar-refractivity contribution in [2.75, 3.05) is 7.11 Å². The number of hydrogen-bond donors (Lipinski definition) is 0. The smallest absolute Gasteiger partial charge is 0.239 e. The topological polar surface area (TPSA) is 68.0 Å². The average molecular weight is 227 g/mol. The number of para-hydroxylation sites is 2. The van der Waals surface area contributed by atoms with Crippen molar-refractivity contribution >= 4 is 0 Å². The minimum absolute atomic E-state index is 0.206. The number of ether oxygens (including phenoxy) is 2. The number of benzene rings is 1. The SMILES string of the molecule is COc1ccccc1Oc1cncc(C#N)n1. The Morgan fingerprint density at radius 1 is 1.18 bits per heavy atom. The number of methoxy groups -OCH3 is 1. The monoisotopic (exact) mass is 227 g/mol. The van der Waals surface area contributed by atoms with Crippen LogP contribution in [0.5, 0.6) is 17.4 Å². The summed E-state index contributed by atoms with van der Waals surface area (Å²) in [6.07, 6.45) is 2.81. The van der Waals surface area contributed by atoms with Gasteiger partial charge in [-0.1, -0.05) is 12.1 Å². The van der Waals surface area contributed by atoms with E-state index in [2.05, 4.69) is 9.97 Å². The second kappa shape index (κ2) is 4.94. The van der Waals surface area contributed by atoms with Crippen molar-refractivity contribution in [3.05, 3.63) is 42.4 Å². The lowest BCUT2D eigenvalue weighted by molar-refractivity contribution is 0.373. The molecule has 0 radical (unpaired) electrons. The fraction of sp³-hybridized carbons (Fsp3) is 0.0833. The zero-order valence-electron chi connectivity index (χ0n) is 9.12. The van der Waals surface area contributed by atoms with E-state index in [1.165, 1.54) is 12.4 Å². The van der Waals surface area contributed by atoms with E-state index >= 15 is 0 Å². The molecule has 0 unspecified atom stereocenters. The normalized spacial score (nSPS) is 9.41. The van der Waals surface area contributed by atoms with Crippen LogP contribution in [0.15, 0.2) is 36.7 Å². The molecule has 0 fully saturated rings.